The van der Waals surface area contributed by atoms with E-state index < -0.39 is 10.8 Å². The Labute approximate surface area is 106 Å². The molecule has 1 aliphatic rings. The van der Waals surface area contributed by atoms with Gasteiger partial charge in [-0.2, -0.15) is 0 Å². The van der Waals surface area contributed by atoms with Crippen molar-refractivity contribution < 1.29 is 4.21 Å². The fraction of sp³-hybridized carbons (Fsp3) is 0.571. The molecule has 0 saturated carbocycles. The van der Waals surface area contributed by atoms with Crippen LogP contribution < -0.4 is 0 Å². The summed E-state index contributed by atoms with van der Waals surface area (Å²) >= 11 is 0. The van der Waals surface area contributed by atoms with Crippen LogP contribution in [0.1, 0.15) is 25.3 Å². The van der Waals surface area contributed by atoms with Crippen molar-refractivity contribution in [2.45, 2.75) is 31.2 Å². The summed E-state index contributed by atoms with van der Waals surface area (Å²) in [5, 5.41) is 0. The summed E-state index contributed by atoms with van der Waals surface area (Å²) in [5.74, 6) is 0.885. The standard InChI is InChI=1S/C14H21NOS/c1-12-7-9-15(10-8-12)11-13-3-5-14(6-4-13)17(2)16/h3-6,12H,7-11H2,1-2H3. The van der Waals surface area contributed by atoms with E-state index in [9.17, 15) is 4.21 Å². The van der Waals surface area contributed by atoms with E-state index in [1.165, 1.54) is 31.5 Å². The summed E-state index contributed by atoms with van der Waals surface area (Å²) in [5.41, 5.74) is 1.33. The fourth-order valence-corrected chi connectivity index (χ4v) is 2.78. The first-order valence-corrected chi connectivity index (χ1v) is 7.85. The Hall–Kier alpha value is -0.670. The van der Waals surface area contributed by atoms with Gasteiger partial charge in [-0.1, -0.05) is 19.1 Å². The molecule has 3 heteroatoms. The lowest BCUT2D eigenvalue weighted by Crippen LogP contribution is -2.32. The molecule has 1 aromatic rings. The second-order valence-electron chi connectivity index (χ2n) is 5.06. The van der Waals surface area contributed by atoms with Crippen molar-refractivity contribution in [2.24, 2.45) is 5.92 Å². The van der Waals surface area contributed by atoms with Crippen LogP contribution in [-0.2, 0) is 17.3 Å². The van der Waals surface area contributed by atoms with E-state index >= 15 is 0 Å². The van der Waals surface area contributed by atoms with Crippen LogP contribution in [0, 0.1) is 5.92 Å². The quantitative estimate of drug-likeness (QED) is 0.823. The first-order chi connectivity index (χ1) is 8.15. The third kappa shape index (κ3) is 3.65. The van der Waals surface area contributed by atoms with Gasteiger partial charge in [0.1, 0.15) is 0 Å². The van der Waals surface area contributed by atoms with Crippen LogP contribution in [0.15, 0.2) is 29.2 Å². The first kappa shape index (κ1) is 12.8. The van der Waals surface area contributed by atoms with Crippen LogP contribution in [0.4, 0.5) is 0 Å². The third-order valence-corrected chi connectivity index (χ3v) is 4.47. The molecule has 1 atom stereocenters. The van der Waals surface area contributed by atoms with Crippen LogP contribution in [0.5, 0.6) is 0 Å². The first-order valence-electron chi connectivity index (χ1n) is 6.30. The monoisotopic (exact) mass is 251 g/mol. The SMILES string of the molecule is CC1CCN(Cc2ccc(S(C)=O)cc2)CC1. The number of likely N-dealkylation sites (tertiary alicyclic amines) is 1. The molecule has 2 nitrogen and oxygen atoms in total. The third-order valence-electron chi connectivity index (χ3n) is 3.54. The van der Waals surface area contributed by atoms with Gasteiger partial charge in [0.2, 0.25) is 0 Å². The van der Waals surface area contributed by atoms with Gasteiger partial charge in [0.05, 0.1) is 0 Å². The van der Waals surface area contributed by atoms with Crippen LogP contribution >= 0.6 is 0 Å². The van der Waals surface area contributed by atoms with E-state index in [1.54, 1.807) is 6.26 Å². The highest BCUT2D eigenvalue weighted by molar-refractivity contribution is 7.84. The second-order valence-corrected chi connectivity index (χ2v) is 6.44. The average Bonchev–Trinajstić information content (AvgIpc) is 2.33. The minimum absolute atomic E-state index is 0.862. The molecule has 0 aromatic heterocycles. The van der Waals surface area contributed by atoms with Gasteiger partial charge in [-0.05, 0) is 49.5 Å². The maximum absolute atomic E-state index is 11.3. The van der Waals surface area contributed by atoms with E-state index in [-0.39, 0.29) is 0 Å². The van der Waals surface area contributed by atoms with E-state index in [0.29, 0.717) is 0 Å². The maximum Gasteiger partial charge on any atom is 0.0498 e. The smallest absolute Gasteiger partial charge is 0.0498 e. The molecule has 94 valence electrons. The zero-order chi connectivity index (χ0) is 12.3. The summed E-state index contributed by atoms with van der Waals surface area (Å²) < 4.78 is 11.3. The predicted molar refractivity (Wildman–Crippen MR) is 72.4 cm³/mol. The lowest BCUT2D eigenvalue weighted by molar-refractivity contribution is 0.185. The molecule has 0 amide bonds. The number of nitrogens with zero attached hydrogens (tertiary/aromatic N) is 1. The Kier molecular flexibility index (Phi) is 4.35. The van der Waals surface area contributed by atoms with Crippen molar-refractivity contribution in [3.05, 3.63) is 29.8 Å². The number of rotatable bonds is 3. The average molecular weight is 251 g/mol. The van der Waals surface area contributed by atoms with Gasteiger partial charge in [0.25, 0.3) is 0 Å². The Bertz CT molecular complexity index is 380. The van der Waals surface area contributed by atoms with Gasteiger partial charge in [-0.15, -0.1) is 0 Å². The lowest BCUT2D eigenvalue weighted by Gasteiger charge is -2.30. The summed E-state index contributed by atoms with van der Waals surface area (Å²) in [6, 6.07) is 8.18. The van der Waals surface area contributed by atoms with E-state index in [1.807, 2.05) is 12.1 Å². The van der Waals surface area contributed by atoms with E-state index in [2.05, 4.69) is 24.0 Å². The zero-order valence-corrected chi connectivity index (χ0v) is 11.5. The fourth-order valence-electron chi connectivity index (χ4n) is 2.26. The summed E-state index contributed by atoms with van der Waals surface area (Å²) in [4.78, 5) is 3.43. The van der Waals surface area contributed by atoms with Crippen molar-refractivity contribution >= 4 is 10.8 Å². The predicted octanol–water partition coefficient (Wildman–Crippen LogP) is 2.66. The highest BCUT2D eigenvalue weighted by Crippen LogP contribution is 2.18. The summed E-state index contributed by atoms with van der Waals surface area (Å²) in [6.07, 6.45) is 4.36. The van der Waals surface area contributed by atoms with Gasteiger partial charge in [0.15, 0.2) is 0 Å². The Balaban J connectivity index is 1.92. The molecule has 1 fully saturated rings. The van der Waals surface area contributed by atoms with Gasteiger partial charge < -0.3 is 0 Å². The molecule has 1 heterocycles. The van der Waals surface area contributed by atoms with Crippen molar-refractivity contribution in [3.63, 3.8) is 0 Å². The minimum atomic E-state index is -0.862. The molecular formula is C14H21NOS. The molecule has 0 N–H and O–H groups in total. The highest BCUT2D eigenvalue weighted by Gasteiger charge is 2.15. The van der Waals surface area contributed by atoms with Crippen LogP contribution in [0.25, 0.3) is 0 Å². The number of piperidine rings is 1. The number of hydrogen-bond donors (Lipinski definition) is 0. The normalized spacial score (nSPS) is 20.4. The van der Waals surface area contributed by atoms with Crippen molar-refractivity contribution in [2.75, 3.05) is 19.3 Å². The molecule has 1 saturated heterocycles. The number of benzene rings is 1. The van der Waals surface area contributed by atoms with E-state index in [4.69, 9.17) is 0 Å². The maximum atomic E-state index is 11.3. The molecule has 0 bridgehead atoms. The van der Waals surface area contributed by atoms with Gasteiger partial charge in [0, 0.05) is 28.5 Å². The topological polar surface area (TPSA) is 20.3 Å². The van der Waals surface area contributed by atoms with Crippen LogP contribution in [0.2, 0.25) is 0 Å². The van der Waals surface area contributed by atoms with Crippen molar-refractivity contribution in [1.29, 1.82) is 0 Å². The molecular weight excluding hydrogens is 230 g/mol. The lowest BCUT2D eigenvalue weighted by atomic mass is 9.99. The molecule has 1 unspecified atom stereocenters. The van der Waals surface area contributed by atoms with Crippen molar-refractivity contribution in [3.8, 4) is 0 Å². The van der Waals surface area contributed by atoms with Gasteiger partial charge in [-0.25, -0.2) is 0 Å². The van der Waals surface area contributed by atoms with Crippen LogP contribution in [0.3, 0.4) is 0 Å². The largest absolute Gasteiger partial charge is 0.299 e. The highest BCUT2D eigenvalue weighted by atomic mass is 32.2. The molecule has 17 heavy (non-hydrogen) atoms. The molecule has 0 spiro atoms. The van der Waals surface area contributed by atoms with Gasteiger partial charge in [-0.3, -0.25) is 9.11 Å². The molecule has 2 rings (SSSR count). The Morgan fingerprint density at radius 2 is 1.82 bits per heavy atom. The second kappa shape index (κ2) is 5.78. The molecule has 1 aromatic carbocycles. The van der Waals surface area contributed by atoms with Crippen molar-refractivity contribution in [1.82, 2.24) is 4.90 Å². The Morgan fingerprint density at radius 3 is 2.35 bits per heavy atom. The summed E-state index contributed by atoms with van der Waals surface area (Å²) in [6.45, 7) is 5.79. The number of hydrogen-bond acceptors (Lipinski definition) is 2. The van der Waals surface area contributed by atoms with E-state index in [0.717, 1.165) is 17.4 Å². The van der Waals surface area contributed by atoms with Crippen LogP contribution in [-0.4, -0.2) is 28.5 Å². The summed E-state index contributed by atoms with van der Waals surface area (Å²) in [7, 11) is -0.862. The molecule has 1 aliphatic heterocycles. The minimum Gasteiger partial charge on any atom is -0.299 e. The molecule has 0 aliphatic carbocycles. The zero-order valence-electron chi connectivity index (χ0n) is 10.7. The Morgan fingerprint density at radius 1 is 1.24 bits per heavy atom. The van der Waals surface area contributed by atoms with Gasteiger partial charge >= 0.3 is 0 Å². The molecule has 0 radical (unpaired) electrons.